The zero-order valence-corrected chi connectivity index (χ0v) is 20.9. The van der Waals surface area contributed by atoms with E-state index in [1.54, 1.807) is 30.9 Å². The lowest BCUT2D eigenvalue weighted by atomic mass is 10.0. The second-order valence-electron chi connectivity index (χ2n) is 7.56. The molecule has 2 heterocycles. The summed E-state index contributed by atoms with van der Waals surface area (Å²) in [5, 5.41) is 10.7. The first-order valence-electron chi connectivity index (χ1n) is 11.0. The van der Waals surface area contributed by atoms with Gasteiger partial charge in [-0.2, -0.15) is 0 Å². The van der Waals surface area contributed by atoms with Gasteiger partial charge < -0.3 is 10.1 Å². The average Bonchev–Trinajstić information content (AvgIpc) is 3.49. The molecule has 0 spiro atoms. The van der Waals surface area contributed by atoms with Gasteiger partial charge in [0, 0.05) is 35.0 Å². The molecule has 180 valence electrons. The zero-order chi connectivity index (χ0) is 24.3. The average molecular weight is 501 g/mol. The number of hydrogen-bond donors (Lipinski definition) is 1. The van der Waals surface area contributed by atoms with E-state index in [-0.39, 0.29) is 24.1 Å². The topological polar surface area (TPSA) is 103 Å². The predicted molar refractivity (Wildman–Crippen MR) is 132 cm³/mol. The molecule has 0 aliphatic carbocycles. The van der Waals surface area contributed by atoms with Crippen molar-refractivity contribution in [3.8, 4) is 0 Å². The number of ether oxygens (including phenoxy) is 1. The quantitative estimate of drug-likeness (QED) is 0.376. The molecule has 0 saturated carbocycles. The Bertz CT molecular complexity index is 1100. The summed E-state index contributed by atoms with van der Waals surface area (Å²) in [4.78, 5) is 38.3. The summed E-state index contributed by atoms with van der Waals surface area (Å²) in [5.41, 5.74) is 2.23. The summed E-state index contributed by atoms with van der Waals surface area (Å²) < 4.78 is 6.90. The Labute approximate surface area is 207 Å². The summed E-state index contributed by atoms with van der Waals surface area (Å²) in [6, 6.07) is 10.8. The number of aromatic nitrogens is 3. The van der Waals surface area contributed by atoms with Crippen LogP contribution in [0, 0.1) is 0 Å². The van der Waals surface area contributed by atoms with Crippen molar-refractivity contribution in [3.05, 3.63) is 69.7 Å². The highest BCUT2D eigenvalue weighted by Crippen LogP contribution is 2.26. The fourth-order valence-corrected chi connectivity index (χ4v) is 5.06. The Morgan fingerprint density at radius 1 is 1.18 bits per heavy atom. The van der Waals surface area contributed by atoms with E-state index in [2.05, 4.69) is 15.6 Å². The lowest BCUT2D eigenvalue weighted by molar-refractivity contribution is -0.147. The molecule has 1 unspecified atom stereocenters. The highest BCUT2D eigenvalue weighted by atomic mass is 32.2. The maximum Gasteiger partial charge on any atom is 0.334 e. The monoisotopic (exact) mass is 500 g/mol. The standard InChI is InChI=1S/C24H28N4O4S2/c1-3-32-24(31)23(21-12-11-20(34-21)15-28-14-13-25-27-28)26-22(30)10-6-9-18-7-4-5-8-19(18)16-33-17(2)29/h4-5,7-8,11-14,23H,3,6,9-10,15-16H2,1-2H3,(H,26,30). The highest BCUT2D eigenvalue weighted by molar-refractivity contribution is 8.12. The summed E-state index contributed by atoms with van der Waals surface area (Å²) in [7, 11) is 0. The van der Waals surface area contributed by atoms with Crippen LogP contribution in [0.25, 0.3) is 0 Å². The van der Waals surface area contributed by atoms with Crippen molar-refractivity contribution in [3.63, 3.8) is 0 Å². The molecule has 3 aromatic rings. The van der Waals surface area contributed by atoms with Crippen molar-refractivity contribution in [1.29, 1.82) is 0 Å². The van der Waals surface area contributed by atoms with Crippen molar-refractivity contribution in [2.24, 2.45) is 0 Å². The summed E-state index contributed by atoms with van der Waals surface area (Å²) >= 11 is 2.71. The number of thiophene rings is 1. The summed E-state index contributed by atoms with van der Waals surface area (Å²) in [6.07, 6.45) is 5.00. The van der Waals surface area contributed by atoms with Gasteiger partial charge in [0.25, 0.3) is 0 Å². The Hall–Kier alpha value is -2.98. The number of carbonyl (C=O) groups is 3. The minimum atomic E-state index is -0.846. The van der Waals surface area contributed by atoms with Crippen molar-refractivity contribution < 1.29 is 19.1 Å². The van der Waals surface area contributed by atoms with Crippen LogP contribution >= 0.6 is 23.1 Å². The SMILES string of the molecule is CCOC(=O)C(NC(=O)CCCc1ccccc1CSC(C)=O)c1ccc(Cn2ccnn2)s1. The van der Waals surface area contributed by atoms with Crippen LogP contribution in [0.15, 0.2) is 48.8 Å². The van der Waals surface area contributed by atoms with Gasteiger partial charge in [-0.25, -0.2) is 9.48 Å². The number of rotatable bonds is 12. The van der Waals surface area contributed by atoms with E-state index in [0.29, 0.717) is 30.0 Å². The third kappa shape index (κ3) is 7.81. The van der Waals surface area contributed by atoms with Crippen LogP contribution in [0.3, 0.4) is 0 Å². The van der Waals surface area contributed by atoms with Gasteiger partial charge in [0.1, 0.15) is 0 Å². The molecule has 0 aliphatic heterocycles. The van der Waals surface area contributed by atoms with Gasteiger partial charge in [-0.1, -0.05) is 41.2 Å². The molecule has 3 rings (SSSR count). The first-order chi connectivity index (χ1) is 16.5. The van der Waals surface area contributed by atoms with Gasteiger partial charge in [-0.15, -0.1) is 16.4 Å². The largest absolute Gasteiger partial charge is 0.464 e. The lowest BCUT2D eigenvalue weighted by Crippen LogP contribution is -2.34. The third-order valence-corrected chi connectivity index (χ3v) is 6.98. The normalized spacial score (nSPS) is 11.7. The van der Waals surface area contributed by atoms with Gasteiger partial charge >= 0.3 is 5.97 Å². The van der Waals surface area contributed by atoms with E-state index < -0.39 is 12.0 Å². The van der Waals surface area contributed by atoms with E-state index in [1.807, 2.05) is 36.4 Å². The first kappa shape index (κ1) is 25.6. The number of nitrogens with one attached hydrogen (secondary N) is 1. The van der Waals surface area contributed by atoms with Crippen molar-refractivity contribution in [1.82, 2.24) is 20.3 Å². The molecule has 1 atom stereocenters. The molecule has 8 nitrogen and oxygen atoms in total. The van der Waals surface area contributed by atoms with Crippen LogP contribution < -0.4 is 5.32 Å². The second kappa shape index (κ2) is 13.0. The lowest BCUT2D eigenvalue weighted by Gasteiger charge is -2.16. The molecule has 0 radical (unpaired) electrons. The molecule has 1 amide bonds. The van der Waals surface area contributed by atoms with Crippen LogP contribution in [0.4, 0.5) is 0 Å². The Morgan fingerprint density at radius 3 is 2.68 bits per heavy atom. The van der Waals surface area contributed by atoms with Crippen LogP contribution in [0.5, 0.6) is 0 Å². The number of amides is 1. The molecule has 0 fully saturated rings. The molecule has 1 N–H and O–H groups in total. The first-order valence-corrected chi connectivity index (χ1v) is 12.8. The highest BCUT2D eigenvalue weighted by Gasteiger charge is 2.25. The number of benzene rings is 1. The molecule has 1 aromatic carbocycles. The molecule has 10 heteroatoms. The van der Waals surface area contributed by atoms with Gasteiger partial charge in [0.2, 0.25) is 5.91 Å². The second-order valence-corrected chi connectivity index (χ2v) is 9.91. The Balaban J connectivity index is 1.58. The van der Waals surface area contributed by atoms with E-state index in [0.717, 1.165) is 16.0 Å². The van der Waals surface area contributed by atoms with E-state index in [1.165, 1.54) is 23.1 Å². The van der Waals surface area contributed by atoms with Crippen LogP contribution in [-0.4, -0.2) is 38.6 Å². The van der Waals surface area contributed by atoms with Crippen molar-refractivity contribution in [2.75, 3.05) is 6.61 Å². The van der Waals surface area contributed by atoms with Crippen LogP contribution in [-0.2, 0) is 37.8 Å². The number of aryl methyl sites for hydroxylation is 1. The minimum Gasteiger partial charge on any atom is -0.464 e. The Morgan fingerprint density at radius 2 is 1.97 bits per heavy atom. The van der Waals surface area contributed by atoms with E-state index in [4.69, 9.17) is 4.74 Å². The number of carbonyl (C=O) groups excluding carboxylic acids is 3. The molecule has 2 aromatic heterocycles. The molecule has 0 bridgehead atoms. The summed E-state index contributed by atoms with van der Waals surface area (Å²) in [5.74, 6) is -0.0609. The van der Waals surface area contributed by atoms with Crippen LogP contribution in [0.1, 0.15) is 53.6 Å². The summed E-state index contributed by atoms with van der Waals surface area (Å²) in [6.45, 7) is 4.07. The maximum atomic E-state index is 12.7. The predicted octanol–water partition coefficient (Wildman–Crippen LogP) is 3.91. The molecular formula is C24H28N4O4S2. The van der Waals surface area contributed by atoms with Crippen molar-refractivity contribution in [2.45, 2.75) is 51.4 Å². The van der Waals surface area contributed by atoms with Crippen molar-refractivity contribution >= 4 is 40.1 Å². The Kier molecular flexibility index (Phi) is 9.84. The van der Waals surface area contributed by atoms with Crippen LogP contribution in [0.2, 0.25) is 0 Å². The third-order valence-electron chi connectivity index (χ3n) is 4.98. The van der Waals surface area contributed by atoms with E-state index in [9.17, 15) is 14.4 Å². The number of thioether (sulfide) groups is 1. The smallest absolute Gasteiger partial charge is 0.334 e. The minimum absolute atomic E-state index is 0.0808. The fourth-order valence-electron chi connectivity index (χ4n) is 3.38. The molecule has 34 heavy (non-hydrogen) atoms. The number of nitrogens with zero attached hydrogens (tertiary/aromatic N) is 3. The van der Waals surface area contributed by atoms with Gasteiger partial charge in [0.15, 0.2) is 11.2 Å². The molecule has 0 saturated heterocycles. The van der Waals surface area contributed by atoms with E-state index >= 15 is 0 Å². The molecule has 0 aliphatic rings. The van der Waals surface area contributed by atoms with Gasteiger partial charge in [-0.3, -0.25) is 9.59 Å². The fraction of sp³-hybridized carbons (Fsp3) is 0.375. The van der Waals surface area contributed by atoms with Gasteiger partial charge in [-0.05, 0) is 43.0 Å². The number of hydrogen-bond acceptors (Lipinski definition) is 8. The maximum absolute atomic E-state index is 12.7. The zero-order valence-electron chi connectivity index (χ0n) is 19.2. The van der Waals surface area contributed by atoms with Gasteiger partial charge in [0.05, 0.1) is 19.3 Å². The number of esters is 1. The molecular weight excluding hydrogens is 472 g/mol.